The van der Waals surface area contributed by atoms with Crippen LogP contribution in [0.3, 0.4) is 0 Å². The first-order chi connectivity index (χ1) is 7.50. The maximum absolute atomic E-state index is 6.13. The average Bonchev–Trinajstić information content (AvgIpc) is 2.61. The van der Waals surface area contributed by atoms with Crippen LogP contribution in [-0.4, -0.2) is 5.50 Å². The minimum absolute atomic E-state index is 0.00313. The van der Waals surface area contributed by atoms with Crippen molar-refractivity contribution in [3.05, 3.63) is 41.4 Å². The van der Waals surface area contributed by atoms with Crippen molar-refractivity contribution in [2.45, 2.75) is 26.3 Å². The second-order valence-corrected chi connectivity index (χ2v) is 5.98. The van der Waals surface area contributed by atoms with E-state index in [1.165, 1.54) is 11.4 Å². The third-order valence-corrected chi connectivity index (χ3v) is 3.48. The lowest BCUT2D eigenvalue weighted by atomic mass is 9.91. The van der Waals surface area contributed by atoms with Crippen LogP contribution in [0.4, 0.5) is 5.69 Å². The summed E-state index contributed by atoms with van der Waals surface area (Å²) in [5.74, 6) is 0. The topological polar surface area (TPSA) is 29.3 Å². The van der Waals surface area contributed by atoms with E-state index in [4.69, 9.17) is 5.73 Å². The second-order valence-electron chi connectivity index (χ2n) is 4.99. The highest BCUT2D eigenvalue weighted by Gasteiger charge is 2.32. The molecule has 0 radical (unpaired) electrons. The SMILES string of the molecule is CC(C)(C)C1=CSC(N)N1c1ccccc1. The Hall–Kier alpha value is -0.930. The van der Waals surface area contributed by atoms with Crippen molar-refractivity contribution in [1.29, 1.82) is 0 Å². The van der Waals surface area contributed by atoms with Crippen LogP contribution in [-0.2, 0) is 0 Å². The molecule has 16 heavy (non-hydrogen) atoms. The number of nitrogens with two attached hydrogens (primary N) is 1. The lowest BCUT2D eigenvalue weighted by Crippen LogP contribution is -2.38. The number of para-hydroxylation sites is 1. The van der Waals surface area contributed by atoms with Crippen LogP contribution in [0.25, 0.3) is 0 Å². The molecule has 0 amide bonds. The molecule has 0 fully saturated rings. The van der Waals surface area contributed by atoms with E-state index in [0.717, 1.165) is 0 Å². The zero-order valence-corrected chi connectivity index (χ0v) is 10.8. The van der Waals surface area contributed by atoms with Crippen molar-refractivity contribution in [1.82, 2.24) is 0 Å². The van der Waals surface area contributed by atoms with Gasteiger partial charge < -0.3 is 10.6 Å². The number of thioether (sulfide) groups is 1. The molecule has 86 valence electrons. The number of hydrogen-bond donors (Lipinski definition) is 1. The van der Waals surface area contributed by atoms with Crippen molar-refractivity contribution in [3.63, 3.8) is 0 Å². The predicted octanol–water partition coefficient (Wildman–Crippen LogP) is 3.37. The van der Waals surface area contributed by atoms with Crippen molar-refractivity contribution >= 4 is 17.4 Å². The number of anilines is 1. The van der Waals surface area contributed by atoms with E-state index in [0.29, 0.717) is 0 Å². The van der Waals surface area contributed by atoms with E-state index in [2.05, 4.69) is 43.2 Å². The first-order valence-electron chi connectivity index (χ1n) is 5.46. The number of rotatable bonds is 1. The molecule has 0 bridgehead atoms. The highest BCUT2D eigenvalue weighted by atomic mass is 32.2. The first-order valence-corrected chi connectivity index (χ1v) is 6.40. The predicted molar refractivity (Wildman–Crippen MR) is 72.0 cm³/mol. The van der Waals surface area contributed by atoms with Gasteiger partial charge in [0.2, 0.25) is 0 Å². The van der Waals surface area contributed by atoms with Gasteiger partial charge in [0.25, 0.3) is 0 Å². The van der Waals surface area contributed by atoms with Crippen molar-refractivity contribution in [2.24, 2.45) is 11.1 Å². The molecule has 0 aromatic heterocycles. The van der Waals surface area contributed by atoms with E-state index < -0.39 is 0 Å². The minimum Gasteiger partial charge on any atom is -0.319 e. The number of allylic oxidation sites excluding steroid dienone is 1. The molecule has 0 saturated carbocycles. The molecule has 0 spiro atoms. The monoisotopic (exact) mass is 234 g/mol. The zero-order chi connectivity index (χ0) is 11.8. The Morgan fingerprint density at radius 1 is 1.19 bits per heavy atom. The van der Waals surface area contributed by atoms with Gasteiger partial charge in [0.1, 0.15) is 5.50 Å². The van der Waals surface area contributed by atoms with Crippen molar-refractivity contribution < 1.29 is 0 Å². The quantitative estimate of drug-likeness (QED) is 0.808. The van der Waals surface area contributed by atoms with Gasteiger partial charge in [0.15, 0.2) is 0 Å². The van der Waals surface area contributed by atoms with Gasteiger partial charge in [-0.3, -0.25) is 0 Å². The molecule has 1 heterocycles. The molecule has 3 heteroatoms. The fourth-order valence-electron chi connectivity index (χ4n) is 1.80. The summed E-state index contributed by atoms with van der Waals surface area (Å²) in [7, 11) is 0. The van der Waals surface area contributed by atoms with Gasteiger partial charge in [-0.1, -0.05) is 50.7 Å². The van der Waals surface area contributed by atoms with Gasteiger partial charge in [-0.15, -0.1) is 0 Å². The van der Waals surface area contributed by atoms with Crippen LogP contribution < -0.4 is 10.6 Å². The van der Waals surface area contributed by atoms with Crippen LogP contribution >= 0.6 is 11.8 Å². The van der Waals surface area contributed by atoms with Crippen LogP contribution in [0.1, 0.15) is 20.8 Å². The molecule has 0 aliphatic carbocycles. The number of nitrogens with zero attached hydrogens (tertiary/aromatic N) is 1. The lowest BCUT2D eigenvalue weighted by Gasteiger charge is -2.33. The molecule has 1 aromatic carbocycles. The van der Waals surface area contributed by atoms with Gasteiger partial charge in [-0.05, 0) is 17.5 Å². The molecule has 1 aliphatic heterocycles. The smallest absolute Gasteiger partial charge is 0.133 e. The molecule has 2 rings (SSSR count). The Labute approximate surface area is 102 Å². The van der Waals surface area contributed by atoms with Crippen molar-refractivity contribution in [2.75, 3.05) is 4.90 Å². The van der Waals surface area contributed by atoms with E-state index >= 15 is 0 Å². The summed E-state index contributed by atoms with van der Waals surface area (Å²) in [6, 6.07) is 10.3. The fourth-order valence-corrected chi connectivity index (χ4v) is 2.89. The summed E-state index contributed by atoms with van der Waals surface area (Å²) >= 11 is 1.68. The molecule has 2 nitrogen and oxygen atoms in total. The number of hydrogen-bond acceptors (Lipinski definition) is 3. The van der Waals surface area contributed by atoms with Crippen LogP contribution in [0.5, 0.6) is 0 Å². The third kappa shape index (κ3) is 2.11. The lowest BCUT2D eigenvalue weighted by molar-refractivity contribution is 0.485. The highest BCUT2D eigenvalue weighted by Crippen LogP contribution is 2.41. The summed E-state index contributed by atoms with van der Waals surface area (Å²) in [5.41, 5.74) is 8.71. The van der Waals surface area contributed by atoms with Gasteiger partial charge in [-0.25, -0.2) is 0 Å². The summed E-state index contributed by atoms with van der Waals surface area (Å²) in [5, 5.41) is 2.18. The number of benzene rings is 1. The molecular formula is C13H18N2S. The van der Waals surface area contributed by atoms with Gasteiger partial charge in [-0.2, -0.15) is 0 Å². The summed E-state index contributed by atoms with van der Waals surface area (Å²) in [6.07, 6.45) is 0. The first kappa shape index (κ1) is 11.6. The van der Waals surface area contributed by atoms with E-state index in [-0.39, 0.29) is 10.9 Å². The highest BCUT2D eigenvalue weighted by molar-refractivity contribution is 8.03. The molecular weight excluding hydrogens is 216 g/mol. The third-order valence-electron chi connectivity index (χ3n) is 2.64. The standard InChI is InChI=1S/C13H18N2S/c1-13(2,3)11-9-16-12(14)15(11)10-7-5-4-6-8-10/h4-9,12H,14H2,1-3H3. The molecule has 2 N–H and O–H groups in total. The molecule has 1 aliphatic rings. The Bertz CT molecular complexity index is 392. The zero-order valence-electron chi connectivity index (χ0n) is 9.97. The molecule has 1 atom stereocenters. The Kier molecular flexibility index (Phi) is 3.00. The van der Waals surface area contributed by atoms with Crippen LogP contribution in [0.15, 0.2) is 41.4 Å². The Morgan fingerprint density at radius 3 is 2.38 bits per heavy atom. The second kappa shape index (κ2) is 4.15. The van der Waals surface area contributed by atoms with Gasteiger partial charge >= 0.3 is 0 Å². The maximum Gasteiger partial charge on any atom is 0.133 e. The normalized spacial score (nSPS) is 21.1. The van der Waals surface area contributed by atoms with E-state index in [1.807, 2.05) is 18.2 Å². The van der Waals surface area contributed by atoms with E-state index in [1.54, 1.807) is 11.8 Å². The maximum atomic E-state index is 6.13. The van der Waals surface area contributed by atoms with Gasteiger partial charge in [0, 0.05) is 16.8 Å². The Balaban J connectivity index is 2.36. The summed E-state index contributed by atoms with van der Waals surface area (Å²) in [4.78, 5) is 2.21. The fraction of sp³-hybridized carbons (Fsp3) is 0.385. The minimum atomic E-state index is -0.00313. The summed E-state index contributed by atoms with van der Waals surface area (Å²) in [6.45, 7) is 6.65. The van der Waals surface area contributed by atoms with Crippen LogP contribution in [0.2, 0.25) is 0 Å². The Morgan fingerprint density at radius 2 is 1.81 bits per heavy atom. The average molecular weight is 234 g/mol. The molecule has 0 saturated heterocycles. The van der Waals surface area contributed by atoms with Crippen molar-refractivity contribution in [3.8, 4) is 0 Å². The largest absolute Gasteiger partial charge is 0.319 e. The van der Waals surface area contributed by atoms with E-state index in [9.17, 15) is 0 Å². The molecule has 1 unspecified atom stereocenters. The van der Waals surface area contributed by atoms with Gasteiger partial charge in [0.05, 0.1) is 0 Å². The van der Waals surface area contributed by atoms with Crippen LogP contribution in [0, 0.1) is 5.41 Å². The molecule has 1 aromatic rings. The summed E-state index contributed by atoms with van der Waals surface area (Å²) < 4.78 is 0.